The van der Waals surface area contributed by atoms with Crippen LogP contribution in [0.1, 0.15) is 18.1 Å². The molecule has 0 bridgehead atoms. The zero-order valence-corrected chi connectivity index (χ0v) is 23.4. The number of carbonyl (C=O) groups is 1. The van der Waals surface area contributed by atoms with Gasteiger partial charge in [-0.05, 0) is 92.6 Å². The second kappa shape index (κ2) is 11.9. The summed E-state index contributed by atoms with van der Waals surface area (Å²) in [5.41, 5.74) is 2.25. The van der Waals surface area contributed by atoms with Crippen LogP contribution in [0.15, 0.2) is 75.0 Å². The summed E-state index contributed by atoms with van der Waals surface area (Å²) in [7, 11) is 0. The number of nitrogens with zero attached hydrogens (tertiary/aromatic N) is 2. The number of nitrogens with one attached hydrogen (secondary N) is 1. The average Bonchev–Trinajstić information content (AvgIpc) is 3.19. The molecule has 1 aliphatic rings. The minimum atomic E-state index is -0.482. The lowest BCUT2D eigenvalue weighted by Crippen LogP contribution is -2.19. The summed E-state index contributed by atoms with van der Waals surface area (Å²) in [5.74, 6) is 0.964. The Bertz CT molecular complexity index is 1380. The van der Waals surface area contributed by atoms with Crippen molar-refractivity contribution in [1.29, 1.82) is 0 Å². The van der Waals surface area contributed by atoms with Crippen molar-refractivity contribution in [3.05, 3.63) is 94.9 Å². The smallest absolute Gasteiger partial charge is 0.270 e. The van der Waals surface area contributed by atoms with Gasteiger partial charge in [-0.3, -0.25) is 14.9 Å². The Labute approximate surface area is 233 Å². The number of ether oxygens (including phenoxy) is 2. The number of nitro groups is 1. The van der Waals surface area contributed by atoms with Gasteiger partial charge in [-0.15, -0.1) is 0 Å². The first-order valence-corrected chi connectivity index (χ1v) is 13.4. The Hall–Kier alpha value is -2.90. The lowest BCUT2D eigenvalue weighted by Gasteiger charge is -2.15. The van der Waals surface area contributed by atoms with Gasteiger partial charge in [-0.1, -0.05) is 30.3 Å². The standard InChI is InChI=1S/C25H19BrIN3O5S/c1-2-34-21-11-16(10-19(27)23(21)35-14-15-6-4-3-5-7-15)12-22-24(31)29-25(36-22)28-20-9-8-17(30(32)33)13-18(20)26/h3-13H,2,14H2,1H3,(H,28,29,31)/b22-12+. The molecule has 0 aliphatic carbocycles. The molecule has 1 heterocycles. The molecular formula is C25H19BrIN3O5S. The molecule has 0 unspecified atom stereocenters. The lowest BCUT2D eigenvalue weighted by atomic mass is 10.2. The molecule has 4 rings (SSSR count). The van der Waals surface area contributed by atoms with Crippen LogP contribution < -0.4 is 14.8 Å². The Morgan fingerprint density at radius 2 is 1.94 bits per heavy atom. The summed E-state index contributed by atoms with van der Waals surface area (Å²) in [5, 5.41) is 14.1. The fourth-order valence-electron chi connectivity index (χ4n) is 3.25. The highest BCUT2D eigenvalue weighted by Crippen LogP contribution is 2.37. The summed E-state index contributed by atoms with van der Waals surface area (Å²) in [6, 6.07) is 17.9. The molecule has 1 fully saturated rings. The van der Waals surface area contributed by atoms with Gasteiger partial charge in [0.05, 0.1) is 30.2 Å². The van der Waals surface area contributed by atoms with E-state index in [1.165, 1.54) is 30.0 Å². The fourth-order valence-corrected chi connectivity index (χ4v) is 5.32. The van der Waals surface area contributed by atoms with E-state index >= 15 is 0 Å². The number of hydrogen-bond acceptors (Lipinski definition) is 7. The number of aliphatic imine (C=N–C) groups is 1. The normalized spacial score (nSPS) is 15.2. The fraction of sp³-hybridized carbons (Fsp3) is 0.120. The number of amidine groups is 1. The number of amides is 1. The summed E-state index contributed by atoms with van der Waals surface area (Å²) in [4.78, 5) is 27.9. The van der Waals surface area contributed by atoms with Crippen LogP contribution >= 0.6 is 50.3 Å². The van der Waals surface area contributed by atoms with Gasteiger partial charge in [0.2, 0.25) is 0 Å². The maximum atomic E-state index is 12.6. The van der Waals surface area contributed by atoms with Gasteiger partial charge in [-0.25, -0.2) is 4.99 Å². The maximum Gasteiger partial charge on any atom is 0.270 e. The Morgan fingerprint density at radius 1 is 1.17 bits per heavy atom. The topological polar surface area (TPSA) is 103 Å². The van der Waals surface area contributed by atoms with E-state index < -0.39 is 4.92 Å². The third-order valence-corrected chi connectivity index (χ3v) is 7.22. The summed E-state index contributed by atoms with van der Waals surface area (Å²) in [6.45, 7) is 2.78. The van der Waals surface area contributed by atoms with Crippen molar-refractivity contribution in [2.75, 3.05) is 6.61 Å². The van der Waals surface area contributed by atoms with Crippen LogP contribution in [0.25, 0.3) is 6.08 Å². The number of halogens is 2. The zero-order valence-electron chi connectivity index (χ0n) is 18.9. The number of nitro benzene ring substituents is 1. The SMILES string of the molecule is CCOc1cc(/C=C2/SC(=Nc3ccc([N+](=O)[O-])cc3Br)NC2=O)cc(I)c1OCc1ccccc1. The van der Waals surface area contributed by atoms with Crippen molar-refractivity contribution < 1.29 is 19.2 Å². The van der Waals surface area contributed by atoms with Gasteiger partial charge >= 0.3 is 0 Å². The maximum absolute atomic E-state index is 12.6. The molecule has 0 radical (unpaired) electrons. The third kappa shape index (κ3) is 6.45. The summed E-state index contributed by atoms with van der Waals surface area (Å²) in [6.07, 6.45) is 1.76. The van der Waals surface area contributed by atoms with Gasteiger partial charge in [0.1, 0.15) is 6.61 Å². The van der Waals surface area contributed by atoms with E-state index in [2.05, 4.69) is 48.8 Å². The highest BCUT2D eigenvalue weighted by Gasteiger charge is 2.25. The number of hydrogen-bond donors (Lipinski definition) is 1. The molecular weight excluding hydrogens is 661 g/mol. The number of non-ortho nitro benzene ring substituents is 1. The first-order valence-electron chi connectivity index (χ1n) is 10.7. The Balaban J connectivity index is 1.56. The molecule has 0 atom stereocenters. The van der Waals surface area contributed by atoms with Crippen molar-refractivity contribution in [1.82, 2.24) is 5.32 Å². The molecule has 3 aromatic rings. The average molecular weight is 680 g/mol. The largest absolute Gasteiger partial charge is 0.490 e. The van der Waals surface area contributed by atoms with Crippen LogP contribution in [0.4, 0.5) is 11.4 Å². The predicted octanol–water partition coefficient (Wildman–Crippen LogP) is 6.83. The molecule has 1 saturated heterocycles. The van der Waals surface area contributed by atoms with Gasteiger partial charge in [0.15, 0.2) is 16.7 Å². The molecule has 11 heteroatoms. The van der Waals surface area contributed by atoms with E-state index in [9.17, 15) is 14.9 Å². The highest BCUT2D eigenvalue weighted by atomic mass is 127. The van der Waals surface area contributed by atoms with Crippen LogP contribution in [-0.2, 0) is 11.4 Å². The first kappa shape index (κ1) is 26.2. The van der Waals surface area contributed by atoms with Crippen LogP contribution in [0.3, 0.4) is 0 Å². The second-order valence-electron chi connectivity index (χ2n) is 7.41. The number of carbonyl (C=O) groups excluding carboxylic acids is 1. The van der Waals surface area contributed by atoms with Gasteiger partial charge < -0.3 is 14.8 Å². The zero-order chi connectivity index (χ0) is 25.7. The van der Waals surface area contributed by atoms with E-state index in [4.69, 9.17) is 9.47 Å². The predicted molar refractivity (Wildman–Crippen MR) is 153 cm³/mol. The molecule has 8 nitrogen and oxygen atoms in total. The third-order valence-electron chi connectivity index (χ3n) is 4.87. The molecule has 0 saturated carbocycles. The minimum absolute atomic E-state index is 0.0505. The summed E-state index contributed by atoms with van der Waals surface area (Å²) >= 11 is 6.68. The number of thioether (sulfide) groups is 1. The Morgan fingerprint density at radius 3 is 2.64 bits per heavy atom. The van der Waals surface area contributed by atoms with Crippen molar-refractivity contribution in [2.24, 2.45) is 4.99 Å². The molecule has 0 spiro atoms. The molecule has 1 amide bonds. The van der Waals surface area contributed by atoms with Crippen LogP contribution in [0.5, 0.6) is 11.5 Å². The first-order chi connectivity index (χ1) is 17.3. The van der Waals surface area contributed by atoms with Crippen molar-refractivity contribution in [3.63, 3.8) is 0 Å². The number of benzene rings is 3. The minimum Gasteiger partial charge on any atom is -0.490 e. The van der Waals surface area contributed by atoms with E-state index in [0.717, 1.165) is 14.7 Å². The van der Waals surface area contributed by atoms with Gasteiger partial charge in [0.25, 0.3) is 11.6 Å². The van der Waals surface area contributed by atoms with E-state index in [0.29, 0.717) is 44.9 Å². The molecule has 36 heavy (non-hydrogen) atoms. The molecule has 1 N–H and O–H groups in total. The van der Waals surface area contributed by atoms with Crippen molar-refractivity contribution in [3.8, 4) is 11.5 Å². The van der Waals surface area contributed by atoms with Crippen LogP contribution in [-0.4, -0.2) is 22.6 Å². The second-order valence-corrected chi connectivity index (χ2v) is 10.5. The quantitative estimate of drug-likeness (QED) is 0.121. The molecule has 3 aromatic carbocycles. The van der Waals surface area contributed by atoms with E-state index in [1.807, 2.05) is 49.4 Å². The highest BCUT2D eigenvalue weighted by molar-refractivity contribution is 14.1. The molecule has 1 aliphatic heterocycles. The van der Waals surface area contributed by atoms with Gasteiger partial charge in [-0.2, -0.15) is 0 Å². The van der Waals surface area contributed by atoms with E-state index in [-0.39, 0.29) is 11.6 Å². The Kier molecular flexibility index (Phi) is 8.64. The summed E-state index contributed by atoms with van der Waals surface area (Å²) < 4.78 is 13.2. The van der Waals surface area contributed by atoms with Crippen molar-refractivity contribution >= 4 is 78.8 Å². The van der Waals surface area contributed by atoms with Crippen LogP contribution in [0, 0.1) is 13.7 Å². The lowest BCUT2D eigenvalue weighted by molar-refractivity contribution is -0.384. The molecule has 0 aromatic heterocycles. The van der Waals surface area contributed by atoms with Crippen molar-refractivity contribution in [2.45, 2.75) is 13.5 Å². The van der Waals surface area contributed by atoms with Crippen LogP contribution in [0.2, 0.25) is 0 Å². The van der Waals surface area contributed by atoms with Gasteiger partial charge in [0, 0.05) is 12.1 Å². The monoisotopic (exact) mass is 679 g/mol. The number of rotatable bonds is 8. The van der Waals surface area contributed by atoms with E-state index in [1.54, 1.807) is 6.08 Å². The molecule has 184 valence electrons.